The summed E-state index contributed by atoms with van der Waals surface area (Å²) in [5.74, 6) is -0.394. The maximum absolute atomic E-state index is 12.2. The van der Waals surface area contributed by atoms with E-state index < -0.39 is 5.95 Å². The fourth-order valence-electron chi connectivity index (χ4n) is 0.662. The molecule has 0 N–H and O–H groups in total. The Balaban J connectivity index is 0.000000461. The summed E-state index contributed by atoms with van der Waals surface area (Å²) in [5.41, 5.74) is 0.988. The highest BCUT2D eigenvalue weighted by molar-refractivity contribution is 5.09. The Morgan fingerprint density at radius 1 is 1.45 bits per heavy atom. The summed E-state index contributed by atoms with van der Waals surface area (Å²) in [6, 6.07) is 3.25. The van der Waals surface area contributed by atoms with Gasteiger partial charge >= 0.3 is 0 Å². The van der Waals surface area contributed by atoms with Crippen molar-refractivity contribution in [3.63, 3.8) is 0 Å². The quantitative estimate of drug-likeness (QED) is 0.568. The van der Waals surface area contributed by atoms with E-state index in [0.29, 0.717) is 0 Å². The van der Waals surface area contributed by atoms with Crippen LogP contribution in [0.15, 0.2) is 18.3 Å². The van der Waals surface area contributed by atoms with Crippen LogP contribution in [0.1, 0.15) is 26.3 Å². The van der Waals surface area contributed by atoms with Gasteiger partial charge in [-0.25, -0.2) is 4.98 Å². The van der Waals surface area contributed by atoms with Crippen LogP contribution in [0.25, 0.3) is 0 Å². The standard InChI is InChI=1S/C7H8FN.C2H6/c1-2-6-3-4-9-7(8)5-6;1-2/h3-5H,2H2,1H3;1-2H3. The molecule has 62 valence electrons. The zero-order valence-electron chi connectivity index (χ0n) is 7.26. The van der Waals surface area contributed by atoms with Gasteiger partial charge in [0.25, 0.3) is 0 Å². The van der Waals surface area contributed by atoms with Crippen LogP contribution in [0.4, 0.5) is 4.39 Å². The van der Waals surface area contributed by atoms with Crippen LogP contribution >= 0.6 is 0 Å². The molecule has 0 aliphatic carbocycles. The highest BCUT2D eigenvalue weighted by Crippen LogP contribution is 1.99. The molecule has 0 spiro atoms. The van der Waals surface area contributed by atoms with Crippen LogP contribution in [-0.2, 0) is 6.42 Å². The molecule has 11 heavy (non-hydrogen) atoms. The largest absolute Gasteiger partial charge is 0.228 e. The molecular formula is C9H14FN. The molecule has 0 radical (unpaired) electrons. The van der Waals surface area contributed by atoms with E-state index in [1.54, 1.807) is 0 Å². The first-order valence-electron chi connectivity index (χ1n) is 3.93. The van der Waals surface area contributed by atoms with Crippen molar-refractivity contribution in [2.45, 2.75) is 27.2 Å². The molecule has 1 aromatic heterocycles. The van der Waals surface area contributed by atoms with Gasteiger partial charge in [-0.3, -0.25) is 0 Å². The lowest BCUT2D eigenvalue weighted by Gasteiger charge is -1.91. The summed E-state index contributed by atoms with van der Waals surface area (Å²) in [5, 5.41) is 0. The molecule has 1 aromatic rings. The van der Waals surface area contributed by atoms with Crippen molar-refractivity contribution in [2.24, 2.45) is 0 Å². The Bertz CT molecular complexity index is 199. The van der Waals surface area contributed by atoms with Gasteiger partial charge in [-0.15, -0.1) is 0 Å². The Morgan fingerprint density at radius 2 is 2.09 bits per heavy atom. The second kappa shape index (κ2) is 5.83. The Hall–Kier alpha value is -0.920. The number of aryl methyl sites for hydroxylation is 1. The van der Waals surface area contributed by atoms with Crippen LogP contribution in [-0.4, -0.2) is 4.98 Å². The molecule has 0 bridgehead atoms. The first-order chi connectivity index (χ1) is 5.33. The summed E-state index contributed by atoms with van der Waals surface area (Å²) in [6.45, 7) is 5.98. The molecule has 0 unspecified atom stereocenters. The molecular weight excluding hydrogens is 141 g/mol. The molecule has 0 aliphatic rings. The predicted octanol–water partition coefficient (Wildman–Crippen LogP) is 2.81. The highest BCUT2D eigenvalue weighted by atomic mass is 19.1. The molecule has 0 aliphatic heterocycles. The van der Waals surface area contributed by atoms with Gasteiger partial charge in [0.15, 0.2) is 0 Å². The minimum Gasteiger partial charge on any atom is -0.228 e. The van der Waals surface area contributed by atoms with Crippen molar-refractivity contribution in [1.82, 2.24) is 4.98 Å². The highest BCUT2D eigenvalue weighted by Gasteiger charge is 1.90. The number of pyridine rings is 1. The molecule has 1 heterocycles. The zero-order valence-corrected chi connectivity index (χ0v) is 7.26. The van der Waals surface area contributed by atoms with Crippen molar-refractivity contribution < 1.29 is 4.39 Å². The van der Waals surface area contributed by atoms with Crippen LogP contribution in [0.3, 0.4) is 0 Å². The summed E-state index contributed by atoms with van der Waals surface area (Å²) in [7, 11) is 0. The van der Waals surface area contributed by atoms with Crippen molar-refractivity contribution in [1.29, 1.82) is 0 Å². The van der Waals surface area contributed by atoms with Crippen LogP contribution < -0.4 is 0 Å². The molecule has 0 saturated carbocycles. The average molecular weight is 155 g/mol. The van der Waals surface area contributed by atoms with E-state index in [2.05, 4.69) is 4.98 Å². The van der Waals surface area contributed by atoms with Gasteiger partial charge in [0.05, 0.1) is 0 Å². The van der Waals surface area contributed by atoms with Crippen LogP contribution in [0, 0.1) is 5.95 Å². The smallest absolute Gasteiger partial charge is 0.213 e. The fraction of sp³-hybridized carbons (Fsp3) is 0.444. The van der Waals surface area contributed by atoms with Gasteiger partial charge in [-0.05, 0) is 24.1 Å². The Kier molecular flexibility index (Phi) is 5.35. The molecule has 2 heteroatoms. The number of rotatable bonds is 1. The van der Waals surface area contributed by atoms with Crippen molar-refractivity contribution in [3.8, 4) is 0 Å². The summed E-state index contributed by atoms with van der Waals surface area (Å²) in [4.78, 5) is 3.42. The first kappa shape index (κ1) is 10.1. The minimum atomic E-state index is -0.394. The lowest BCUT2D eigenvalue weighted by atomic mass is 10.2. The molecule has 0 atom stereocenters. The van der Waals surface area contributed by atoms with E-state index in [1.807, 2.05) is 26.8 Å². The topological polar surface area (TPSA) is 12.9 Å². The SMILES string of the molecule is CC.CCc1ccnc(F)c1. The fourth-order valence-corrected chi connectivity index (χ4v) is 0.662. The summed E-state index contributed by atoms with van der Waals surface area (Å²) >= 11 is 0. The van der Waals surface area contributed by atoms with Gasteiger partial charge in [-0.2, -0.15) is 4.39 Å². The molecule has 0 amide bonds. The van der Waals surface area contributed by atoms with Crippen LogP contribution in [0.5, 0.6) is 0 Å². The third-order valence-electron chi connectivity index (χ3n) is 1.20. The maximum atomic E-state index is 12.2. The first-order valence-corrected chi connectivity index (χ1v) is 3.93. The third kappa shape index (κ3) is 3.71. The van der Waals surface area contributed by atoms with Crippen molar-refractivity contribution in [2.75, 3.05) is 0 Å². The number of nitrogens with zero attached hydrogens (tertiary/aromatic N) is 1. The molecule has 1 rings (SSSR count). The molecule has 0 aromatic carbocycles. The Labute approximate surface area is 67.3 Å². The normalized spacial score (nSPS) is 8.36. The minimum absolute atomic E-state index is 0.394. The predicted molar refractivity (Wildman–Crippen MR) is 44.9 cm³/mol. The van der Waals surface area contributed by atoms with Gasteiger partial charge in [0.2, 0.25) is 5.95 Å². The van der Waals surface area contributed by atoms with Gasteiger partial charge in [-0.1, -0.05) is 20.8 Å². The molecule has 1 nitrogen and oxygen atoms in total. The van der Waals surface area contributed by atoms with Crippen LogP contribution in [0.2, 0.25) is 0 Å². The van der Waals surface area contributed by atoms with Gasteiger partial charge in [0, 0.05) is 6.20 Å². The van der Waals surface area contributed by atoms with E-state index >= 15 is 0 Å². The van der Waals surface area contributed by atoms with E-state index in [0.717, 1.165) is 12.0 Å². The lowest BCUT2D eigenvalue weighted by Crippen LogP contribution is -1.84. The second-order valence-electron chi connectivity index (χ2n) is 1.84. The van der Waals surface area contributed by atoms with Gasteiger partial charge < -0.3 is 0 Å². The summed E-state index contributed by atoms with van der Waals surface area (Å²) < 4.78 is 12.2. The van der Waals surface area contributed by atoms with E-state index in [4.69, 9.17) is 0 Å². The maximum Gasteiger partial charge on any atom is 0.213 e. The number of hydrogen-bond acceptors (Lipinski definition) is 1. The Morgan fingerprint density at radius 3 is 2.45 bits per heavy atom. The monoisotopic (exact) mass is 155 g/mol. The number of aromatic nitrogens is 1. The molecule has 0 saturated heterocycles. The third-order valence-corrected chi connectivity index (χ3v) is 1.20. The lowest BCUT2D eigenvalue weighted by molar-refractivity contribution is 0.581. The second-order valence-corrected chi connectivity index (χ2v) is 1.84. The van der Waals surface area contributed by atoms with E-state index in [9.17, 15) is 4.39 Å². The summed E-state index contributed by atoms with van der Waals surface area (Å²) in [6.07, 6.45) is 2.34. The van der Waals surface area contributed by atoms with Crippen molar-refractivity contribution in [3.05, 3.63) is 29.8 Å². The van der Waals surface area contributed by atoms with E-state index in [1.165, 1.54) is 12.3 Å². The zero-order chi connectivity index (χ0) is 8.69. The number of halogens is 1. The molecule has 0 fully saturated rings. The number of hydrogen-bond donors (Lipinski definition) is 0. The van der Waals surface area contributed by atoms with Gasteiger partial charge in [0.1, 0.15) is 0 Å². The average Bonchev–Trinajstić information content (AvgIpc) is 2.08. The van der Waals surface area contributed by atoms with E-state index in [-0.39, 0.29) is 0 Å². The van der Waals surface area contributed by atoms with Crippen molar-refractivity contribution >= 4 is 0 Å².